The highest BCUT2D eigenvalue weighted by Crippen LogP contribution is 2.30. The molecule has 6 heteroatoms. The Balaban J connectivity index is 2.03. The van der Waals surface area contributed by atoms with Crippen LogP contribution in [0.15, 0.2) is 41.4 Å². The van der Waals surface area contributed by atoms with E-state index in [1.165, 1.54) is 12.3 Å². The largest absolute Gasteiger partial charge is 0.506 e. The zero-order chi connectivity index (χ0) is 17.1. The Labute approximate surface area is 150 Å². The summed E-state index contributed by atoms with van der Waals surface area (Å²) in [4.78, 5) is 9.03. The molecule has 0 saturated carbocycles. The molecule has 0 radical (unpaired) electrons. The Morgan fingerprint density at radius 2 is 2.04 bits per heavy atom. The zero-order valence-corrected chi connectivity index (χ0v) is 14.7. The summed E-state index contributed by atoms with van der Waals surface area (Å²) < 4.78 is 2.08. The highest BCUT2D eigenvalue weighted by molar-refractivity contribution is 6.36. The lowest BCUT2D eigenvalue weighted by Crippen LogP contribution is -1.97. The normalized spacial score (nSPS) is 11.6. The van der Waals surface area contributed by atoms with Crippen LogP contribution in [0.5, 0.6) is 5.75 Å². The van der Waals surface area contributed by atoms with Gasteiger partial charge < -0.3 is 9.67 Å². The zero-order valence-electron chi connectivity index (χ0n) is 13.2. The van der Waals surface area contributed by atoms with Crippen molar-refractivity contribution in [3.63, 3.8) is 0 Å². The van der Waals surface area contributed by atoms with Gasteiger partial charge in [-0.2, -0.15) is 0 Å². The highest BCUT2D eigenvalue weighted by Gasteiger charge is 2.10. The van der Waals surface area contributed by atoms with Crippen molar-refractivity contribution in [1.82, 2.24) is 9.55 Å². The van der Waals surface area contributed by atoms with Gasteiger partial charge in [0.1, 0.15) is 5.75 Å². The Morgan fingerprint density at radius 1 is 1.25 bits per heavy atom. The molecule has 0 saturated heterocycles. The molecule has 3 rings (SSSR count). The Hall–Kier alpha value is -2.04. The van der Waals surface area contributed by atoms with Gasteiger partial charge in [-0.05, 0) is 30.7 Å². The second-order valence-corrected chi connectivity index (χ2v) is 6.33. The van der Waals surface area contributed by atoms with Gasteiger partial charge in [-0.25, -0.2) is 9.98 Å². The molecule has 2 aromatic carbocycles. The van der Waals surface area contributed by atoms with E-state index in [1.54, 1.807) is 6.07 Å². The lowest BCUT2D eigenvalue weighted by molar-refractivity contribution is 0.475. The third-order valence-corrected chi connectivity index (χ3v) is 4.25. The van der Waals surface area contributed by atoms with Crippen LogP contribution in [0.4, 0.5) is 5.95 Å². The lowest BCUT2D eigenvalue weighted by atomic mass is 10.2. The third-order valence-electron chi connectivity index (χ3n) is 3.75. The maximum atomic E-state index is 10.0. The molecule has 0 fully saturated rings. The number of aromatic nitrogens is 2. The van der Waals surface area contributed by atoms with Crippen molar-refractivity contribution in [2.75, 3.05) is 0 Å². The molecule has 0 aliphatic carbocycles. The van der Waals surface area contributed by atoms with E-state index >= 15 is 0 Å². The molecule has 0 unspecified atom stereocenters. The van der Waals surface area contributed by atoms with Gasteiger partial charge in [-0.1, -0.05) is 48.7 Å². The van der Waals surface area contributed by atoms with Crippen molar-refractivity contribution in [2.45, 2.75) is 26.3 Å². The molecular weight excluding hydrogens is 345 g/mol. The smallest absolute Gasteiger partial charge is 0.230 e. The highest BCUT2D eigenvalue weighted by atomic mass is 35.5. The van der Waals surface area contributed by atoms with E-state index in [1.807, 2.05) is 24.3 Å². The van der Waals surface area contributed by atoms with Crippen molar-refractivity contribution >= 4 is 46.4 Å². The number of imidazole rings is 1. The first-order valence-electron chi connectivity index (χ1n) is 7.77. The topological polar surface area (TPSA) is 50.4 Å². The fourth-order valence-corrected chi connectivity index (χ4v) is 3.02. The van der Waals surface area contributed by atoms with Gasteiger partial charge >= 0.3 is 0 Å². The van der Waals surface area contributed by atoms with Crippen molar-refractivity contribution in [3.05, 3.63) is 52.0 Å². The summed E-state index contributed by atoms with van der Waals surface area (Å²) in [5.74, 6) is 0.557. The molecule has 4 nitrogen and oxygen atoms in total. The van der Waals surface area contributed by atoms with Crippen LogP contribution in [0.2, 0.25) is 10.0 Å². The number of hydrogen-bond acceptors (Lipinski definition) is 3. The second kappa shape index (κ2) is 7.24. The first-order chi connectivity index (χ1) is 11.6. The number of phenolic OH excluding ortho intramolecular Hbond substituents is 1. The standard InChI is InChI=1S/C18H17Cl2N3O/c1-2-3-8-23-16-7-5-4-6-15(16)22-18(23)21-11-12-9-13(19)10-14(20)17(12)24/h4-7,9-11,24H,2-3,8H2,1H3. The SMILES string of the molecule is CCCCn1c(N=Cc2cc(Cl)cc(Cl)c2O)nc2ccccc21. The van der Waals surface area contributed by atoms with Crippen molar-refractivity contribution in [1.29, 1.82) is 0 Å². The lowest BCUT2D eigenvalue weighted by Gasteiger charge is -2.05. The van der Waals surface area contributed by atoms with Crippen molar-refractivity contribution < 1.29 is 5.11 Å². The monoisotopic (exact) mass is 361 g/mol. The minimum absolute atomic E-state index is 0.0407. The quantitative estimate of drug-likeness (QED) is 0.601. The molecule has 0 spiro atoms. The van der Waals surface area contributed by atoms with Crippen LogP contribution in [0, 0.1) is 0 Å². The van der Waals surface area contributed by atoms with Gasteiger partial charge in [0.15, 0.2) is 0 Å². The average Bonchev–Trinajstić information content (AvgIpc) is 2.92. The Morgan fingerprint density at radius 3 is 2.83 bits per heavy atom. The molecule has 0 bridgehead atoms. The molecule has 0 aliphatic heterocycles. The molecule has 124 valence electrons. The summed E-state index contributed by atoms with van der Waals surface area (Å²) in [5, 5.41) is 10.7. The van der Waals surface area contributed by atoms with E-state index in [4.69, 9.17) is 23.2 Å². The molecule has 1 N–H and O–H groups in total. The molecular formula is C18H17Cl2N3O. The second-order valence-electron chi connectivity index (χ2n) is 5.49. The number of unbranched alkanes of at least 4 members (excludes halogenated alkanes) is 1. The van der Waals surface area contributed by atoms with Gasteiger partial charge in [-0.15, -0.1) is 0 Å². The number of rotatable bonds is 5. The van der Waals surface area contributed by atoms with E-state index in [-0.39, 0.29) is 10.8 Å². The van der Waals surface area contributed by atoms with Gasteiger partial charge in [0.2, 0.25) is 5.95 Å². The van der Waals surface area contributed by atoms with Gasteiger partial charge in [0.25, 0.3) is 0 Å². The first kappa shape index (κ1) is 16.8. The minimum atomic E-state index is -0.0407. The Bertz CT molecular complexity index is 903. The number of halogens is 2. The van der Waals surface area contributed by atoms with Crippen molar-refractivity contribution in [2.24, 2.45) is 4.99 Å². The number of aromatic hydroxyl groups is 1. The van der Waals surface area contributed by atoms with Crippen LogP contribution >= 0.6 is 23.2 Å². The number of benzene rings is 2. The van der Waals surface area contributed by atoms with Gasteiger partial charge in [-0.3, -0.25) is 0 Å². The van der Waals surface area contributed by atoms with E-state index in [2.05, 4.69) is 21.5 Å². The van der Waals surface area contributed by atoms with Crippen LogP contribution in [0.25, 0.3) is 11.0 Å². The number of para-hydroxylation sites is 2. The maximum Gasteiger partial charge on any atom is 0.230 e. The number of aryl methyl sites for hydroxylation is 1. The molecule has 1 heterocycles. The number of nitrogens with zero attached hydrogens (tertiary/aromatic N) is 3. The summed E-state index contributed by atoms with van der Waals surface area (Å²) in [5.41, 5.74) is 2.40. The number of hydrogen-bond donors (Lipinski definition) is 1. The van der Waals surface area contributed by atoms with E-state index in [9.17, 15) is 5.11 Å². The summed E-state index contributed by atoms with van der Waals surface area (Å²) in [6.07, 6.45) is 3.66. The molecule has 0 aliphatic rings. The average molecular weight is 362 g/mol. The van der Waals surface area contributed by atoms with Crippen molar-refractivity contribution in [3.8, 4) is 5.75 Å². The van der Waals surface area contributed by atoms with Gasteiger partial charge in [0, 0.05) is 23.3 Å². The van der Waals surface area contributed by atoms with Crippen LogP contribution < -0.4 is 0 Å². The fourth-order valence-electron chi connectivity index (χ4n) is 2.51. The molecule has 0 amide bonds. The van der Waals surface area contributed by atoms with Crippen LogP contribution in [0.3, 0.4) is 0 Å². The predicted molar refractivity (Wildman–Crippen MR) is 100 cm³/mol. The fraction of sp³-hybridized carbons (Fsp3) is 0.222. The maximum absolute atomic E-state index is 10.0. The molecule has 3 aromatic rings. The first-order valence-corrected chi connectivity index (χ1v) is 8.53. The minimum Gasteiger partial charge on any atom is -0.506 e. The molecule has 24 heavy (non-hydrogen) atoms. The predicted octanol–water partition coefficient (Wildman–Crippen LogP) is 5.60. The Kier molecular flexibility index (Phi) is 5.07. The van der Waals surface area contributed by atoms with Crippen LogP contribution in [0.1, 0.15) is 25.3 Å². The number of fused-ring (bicyclic) bond motifs is 1. The number of aliphatic imine (C=N–C) groups is 1. The summed E-state index contributed by atoms with van der Waals surface area (Å²) in [7, 11) is 0. The van der Waals surface area contributed by atoms with E-state index in [0.717, 1.165) is 30.4 Å². The summed E-state index contributed by atoms with van der Waals surface area (Å²) >= 11 is 11.9. The van der Waals surface area contributed by atoms with E-state index in [0.29, 0.717) is 16.5 Å². The van der Waals surface area contributed by atoms with Crippen LogP contribution in [-0.2, 0) is 6.54 Å². The van der Waals surface area contributed by atoms with Gasteiger partial charge in [0.05, 0.1) is 16.1 Å². The molecule has 1 aromatic heterocycles. The number of phenols is 1. The molecule has 0 atom stereocenters. The summed E-state index contributed by atoms with van der Waals surface area (Å²) in [6.45, 7) is 2.99. The van der Waals surface area contributed by atoms with E-state index < -0.39 is 0 Å². The van der Waals surface area contributed by atoms with Crippen LogP contribution in [-0.4, -0.2) is 20.9 Å². The third kappa shape index (κ3) is 3.40. The summed E-state index contributed by atoms with van der Waals surface area (Å²) in [6, 6.07) is 11.0.